The third kappa shape index (κ3) is 4.53. The van der Waals surface area contributed by atoms with Crippen molar-refractivity contribution >= 4 is 17.3 Å². The second-order valence-corrected chi connectivity index (χ2v) is 4.92. The first kappa shape index (κ1) is 15.4. The van der Waals surface area contributed by atoms with Crippen LogP contribution in [-0.4, -0.2) is 16.4 Å². The SMILES string of the molecule is CC(C)(C)/N=C(\NC#N)Nc1ccc(F)c([N+](=O)[O-])c1. The molecular weight excluding hydrogens is 265 g/mol. The Bertz CT molecular complexity index is 586. The summed E-state index contributed by atoms with van der Waals surface area (Å²) in [5.74, 6) is -0.802. The number of halogens is 1. The number of nitrogens with one attached hydrogen (secondary N) is 2. The first-order chi connectivity index (χ1) is 9.23. The zero-order valence-electron chi connectivity index (χ0n) is 11.3. The lowest BCUT2D eigenvalue weighted by Gasteiger charge is -2.16. The molecule has 8 heteroatoms. The number of anilines is 1. The van der Waals surface area contributed by atoms with E-state index in [1.165, 1.54) is 6.07 Å². The van der Waals surface area contributed by atoms with E-state index in [1.807, 2.05) is 20.8 Å². The summed E-state index contributed by atoms with van der Waals surface area (Å²) in [6, 6.07) is 3.33. The molecule has 1 aromatic carbocycles. The minimum Gasteiger partial charge on any atom is -0.325 e. The van der Waals surface area contributed by atoms with Crippen molar-refractivity contribution in [3.63, 3.8) is 0 Å². The molecule has 0 amide bonds. The molecule has 1 aromatic rings. The molecule has 106 valence electrons. The third-order valence-corrected chi connectivity index (χ3v) is 2.03. The molecule has 0 radical (unpaired) electrons. The van der Waals surface area contributed by atoms with Crippen LogP contribution in [0.2, 0.25) is 0 Å². The molecule has 0 heterocycles. The van der Waals surface area contributed by atoms with E-state index in [0.29, 0.717) is 0 Å². The average molecular weight is 279 g/mol. The fraction of sp³-hybridized carbons (Fsp3) is 0.333. The van der Waals surface area contributed by atoms with Gasteiger partial charge in [0.2, 0.25) is 11.8 Å². The highest BCUT2D eigenvalue weighted by Crippen LogP contribution is 2.21. The van der Waals surface area contributed by atoms with Gasteiger partial charge in [0.25, 0.3) is 0 Å². The van der Waals surface area contributed by atoms with E-state index >= 15 is 0 Å². The van der Waals surface area contributed by atoms with E-state index in [4.69, 9.17) is 5.26 Å². The molecule has 0 unspecified atom stereocenters. The van der Waals surface area contributed by atoms with Gasteiger partial charge in [-0.1, -0.05) is 0 Å². The van der Waals surface area contributed by atoms with E-state index in [9.17, 15) is 14.5 Å². The van der Waals surface area contributed by atoms with Gasteiger partial charge in [0.05, 0.1) is 10.5 Å². The van der Waals surface area contributed by atoms with Gasteiger partial charge in [0.15, 0.2) is 6.19 Å². The van der Waals surface area contributed by atoms with Gasteiger partial charge in [-0.05, 0) is 32.9 Å². The van der Waals surface area contributed by atoms with Crippen LogP contribution in [0, 0.1) is 27.4 Å². The summed E-state index contributed by atoms with van der Waals surface area (Å²) in [6.45, 7) is 5.46. The summed E-state index contributed by atoms with van der Waals surface area (Å²) in [6.07, 6.45) is 1.71. The van der Waals surface area contributed by atoms with E-state index in [2.05, 4.69) is 15.6 Å². The van der Waals surface area contributed by atoms with Crippen molar-refractivity contribution in [3.8, 4) is 6.19 Å². The van der Waals surface area contributed by atoms with Gasteiger partial charge >= 0.3 is 5.69 Å². The number of nitrogens with zero attached hydrogens (tertiary/aromatic N) is 3. The molecule has 20 heavy (non-hydrogen) atoms. The van der Waals surface area contributed by atoms with Crippen molar-refractivity contribution in [2.75, 3.05) is 5.32 Å². The van der Waals surface area contributed by atoms with Crippen LogP contribution in [-0.2, 0) is 0 Å². The van der Waals surface area contributed by atoms with Crippen molar-refractivity contribution in [1.29, 1.82) is 5.26 Å². The van der Waals surface area contributed by atoms with Crippen LogP contribution in [0.5, 0.6) is 0 Å². The number of nitriles is 1. The summed E-state index contributed by atoms with van der Waals surface area (Å²) < 4.78 is 13.2. The molecule has 0 bridgehead atoms. The van der Waals surface area contributed by atoms with Crippen LogP contribution in [0.15, 0.2) is 23.2 Å². The van der Waals surface area contributed by atoms with Gasteiger partial charge in [-0.25, -0.2) is 4.99 Å². The monoisotopic (exact) mass is 279 g/mol. The molecule has 0 aliphatic rings. The number of benzene rings is 1. The minimum absolute atomic E-state index is 0.126. The second kappa shape index (κ2) is 5.97. The largest absolute Gasteiger partial charge is 0.325 e. The van der Waals surface area contributed by atoms with Crippen molar-refractivity contribution in [2.24, 2.45) is 4.99 Å². The predicted octanol–water partition coefficient (Wildman–Crippen LogP) is 2.37. The maximum Gasteiger partial charge on any atom is 0.306 e. The zero-order chi connectivity index (χ0) is 15.3. The maximum absolute atomic E-state index is 13.2. The van der Waals surface area contributed by atoms with E-state index < -0.39 is 22.0 Å². The molecule has 0 aliphatic carbocycles. The van der Waals surface area contributed by atoms with Gasteiger partial charge in [-0.3, -0.25) is 15.4 Å². The smallest absolute Gasteiger partial charge is 0.306 e. The Morgan fingerprint density at radius 2 is 2.15 bits per heavy atom. The molecule has 2 N–H and O–H groups in total. The quantitative estimate of drug-likeness (QED) is 0.216. The Morgan fingerprint density at radius 3 is 2.65 bits per heavy atom. The van der Waals surface area contributed by atoms with Crippen LogP contribution in [0.25, 0.3) is 0 Å². The van der Waals surface area contributed by atoms with Crippen molar-refractivity contribution in [3.05, 3.63) is 34.1 Å². The molecule has 0 spiro atoms. The van der Waals surface area contributed by atoms with Gasteiger partial charge in [-0.2, -0.15) is 9.65 Å². The molecule has 0 saturated heterocycles. The van der Waals surface area contributed by atoms with Gasteiger partial charge < -0.3 is 5.32 Å². The fourth-order valence-electron chi connectivity index (χ4n) is 1.34. The zero-order valence-corrected chi connectivity index (χ0v) is 11.3. The van der Waals surface area contributed by atoms with E-state index in [1.54, 1.807) is 6.19 Å². The number of nitro benzene ring substituents is 1. The highest BCUT2D eigenvalue weighted by molar-refractivity contribution is 5.95. The Balaban J connectivity index is 3.07. The summed E-state index contributed by atoms with van der Waals surface area (Å²) in [5, 5.41) is 24.3. The molecule has 0 fully saturated rings. The lowest BCUT2D eigenvalue weighted by molar-refractivity contribution is -0.387. The highest BCUT2D eigenvalue weighted by atomic mass is 19.1. The van der Waals surface area contributed by atoms with Crippen molar-refractivity contribution < 1.29 is 9.31 Å². The Hall–Kier alpha value is -2.69. The lowest BCUT2D eigenvalue weighted by atomic mass is 10.1. The number of hydrogen-bond donors (Lipinski definition) is 2. The number of hydrogen-bond acceptors (Lipinski definition) is 4. The molecule has 1 rings (SSSR count). The standard InChI is InChI=1S/C12H14FN5O2/c1-12(2,3)17-11(15-7-14)16-8-4-5-9(13)10(6-8)18(19)20/h4-6H,1-3H3,(H2,15,16,17). The molecule has 0 aliphatic heterocycles. The normalized spacial score (nSPS) is 11.7. The van der Waals surface area contributed by atoms with Gasteiger partial charge in [0.1, 0.15) is 0 Å². The first-order valence-corrected chi connectivity index (χ1v) is 5.69. The maximum atomic E-state index is 13.2. The number of aliphatic imine (C=N–C) groups is 1. The van der Waals surface area contributed by atoms with Crippen molar-refractivity contribution in [1.82, 2.24) is 5.32 Å². The topological polar surface area (TPSA) is 103 Å². The van der Waals surface area contributed by atoms with Crippen LogP contribution >= 0.6 is 0 Å². The predicted molar refractivity (Wildman–Crippen MR) is 72.6 cm³/mol. The first-order valence-electron chi connectivity index (χ1n) is 5.69. The number of guanidine groups is 1. The van der Waals surface area contributed by atoms with Crippen molar-refractivity contribution in [2.45, 2.75) is 26.3 Å². The number of nitro groups is 1. The lowest BCUT2D eigenvalue weighted by Crippen LogP contribution is -2.30. The summed E-state index contributed by atoms with van der Waals surface area (Å²) >= 11 is 0. The Morgan fingerprint density at radius 1 is 1.50 bits per heavy atom. The van der Waals surface area contributed by atoms with Crippen LogP contribution < -0.4 is 10.6 Å². The summed E-state index contributed by atoms with van der Waals surface area (Å²) in [7, 11) is 0. The molecule has 0 saturated carbocycles. The van der Waals surface area contributed by atoms with E-state index in [0.717, 1.165) is 12.1 Å². The Labute approximate surface area is 115 Å². The molecule has 0 atom stereocenters. The molecule has 0 aromatic heterocycles. The highest BCUT2D eigenvalue weighted by Gasteiger charge is 2.16. The van der Waals surface area contributed by atoms with E-state index in [-0.39, 0.29) is 11.6 Å². The van der Waals surface area contributed by atoms with Gasteiger partial charge in [0, 0.05) is 11.8 Å². The fourth-order valence-corrected chi connectivity index (χ4v) is 1.34. The summed E-state index contributed by atoms with van der Waals surface area (Å²) in [4.78, 5) is 14.0. The molecular formula is C12H14FN5O2. The molecule has 7 nitrogen and oxygen atoms in total. The second-order valence-electron chi connectivity index (χ2n) is 4.92. The number of rotatable bonds is 2. The van der Waals surface area contributed by atoms with Crippen LogP contribution in [0.1, 0.15) is 20.8 Å². The van der Waals surface area contributed by atoms with Crippen LogP contribution in [0.4, 0.5) is 15.8 Å². The van der Waals surface area contributed by atoms with Crippen LogP contribution in [0.3, 0.4) is 0 Å². The third-order valence-electron chi connectivity index (χ3n) is 2.03. The van der Waals surface area contributed by atoms with Gasteiger partial charge in [-0.15, -0.1) is 0 Å². The summed E-state index contributed by atoms with van der Waals surface area (Å²) in [5.41, 5.74) is -0.857. The Kier molecular flexibility index (Phi) is 4.59. The average Bonchev–Trinajstić information content (AvgIpc) is 2.29. The minimum atomic E-state index is -0.928.